The van der Waals surface area contributed by atoms with Gasteiger partial charge in [-0.1, -0.05) is 38.1 Å². The Hall–Kier alpha value is -4.53. The number of ether oxygens (including phenoxy) is 5. The van der Waals surface area contributed by atoms with E-state index in [-0.39, 0.29) is 12.2 Å². The van der Waals surface area contributed by atoms with E-state index in [1.807, 2.05) is 24.3 Å². The second kappa shape index (κ2) is 13.7. The smallest absolute Gasteiger partial charge is 0.343 e. The molecule has 0 bridgehead atoms. The van der Waals surface area contributed by atoms with Crippen molar-refractivity contribution >= 4 is 18.1 Å². The fourth-order valence-corrected chi connectivity index (χ4v) is 3.51. The highest BCUT2D eigenvalue weighted by molar-refractivity contribution is 5.93. The van der Waals surface area contributed by atoms with E-state index in [0.29, 0.717) is 40.2 Å². The third kappa shape index (κ3) is 7.49. The zero-order valence-corrected chi connectivity index (χ0v) is 22.1. The van der Waals surface area contributed by atoms with E-state index in [9.17, 15) is 9.59 Å². The molecule has 3 aromatic rings. The molecule has 9 nitrogen and oxygen atoms in total. The lowest BCUT2D eigenvalue weighted by Crippen LogP contribution is -2.24. The normalized spacial score (nSPS) is 11.5. The SMILES string of the molecule is CC[C@H](C)c1ccc(OCC(=O)N/N=C\c2cccc(OC(=O)c3cc(OC)c(OC)c(OC)c3)c2)cc1. The fraction of sp³-hybridized carbons (Fsp3) is 0.276. The van der Waals surface area contributed by atoms with Gasteiger partial charge in [-0.2, -0.15) is 5.10 Å². The maximum atomic E-state index is 12.7. The second-order valence-corrected chi connectivity index (χ2v) is 8.34. The van der Waals surface area contributed by atoms with Crippen LogP contribution in [0.15, 0.2) is 65.8 Å². The Morgan fingerprint density at radius 2 is 1.61 bits per heavy atom. The number of hydrazone groups is 1. The second-order valence-electron chi connectivity index (χ2n) is 8.34. The minimum Gasteiger partial charge on any atom is -0.493 e. The number of amides is 1. The molecule has 0 heterocycles. The number of nitrogens with zero attached hydrogens (tertiary/aromatic N) is 1. The average molecular weight is 521 g/mol. The largest absolute Gasteiger partial charge is 0.493 e. The maximum absolute atomic E-state index is 12.7. The van der Waals surface area contributed by atoms with Crippen LogP contribution in [0.5, 0.6) is 28.7 Å². The van der Waals surface area contributed by atoms with Crippen molar-refractivity contribution in [1.29, 1.82) is 0 Å². The van der Waals surface area contributed by atoms with Crippen molar-refractivity contribution in [3.05, 3.63) is 77.4 Å². The van der Waals surface area contributed by atoms with Crippen LogP contribution >= 0.6 is 0 Å². The van der Waals surface area contributed by atoms with Gasteiger partial charge < -0.3 is 23.7 Å². The number of rotatable bonds is 12. The lowest BCUT2D eigenvalue weighted by Gasteiger charge is -2.13. The van der Waals surface area contributed by atoms with Crippen LogP contribution in [-0.2, 0) is 4.79 Å². The van der Waals surface area contributed by atoms with Crippen molar-refractivity contribution in [3.8, 4) is 28.7 Å². The molecule has 0 aromatic heterocycles. The Bertz CT molecular complexity index is 1250. The van der Waals surface area contributed by atoms with Crippen molar-refractivity contribution < 1.29 is 33.3 Å². The van der Waals surface area contributed by atoms with Crippen LogP contribution in [-0.4, -0.2) is 46.0 Å². The lowest BCUT2D eigenvalue weighted by atomic mass is 9.99. The van der Waals surface area contributed by atoms with Gasteiger partial charge in [0.2, 0.25) is 5.75 Å². The number of esters is 1. The van der Waals surface area contributed by atoms with Gasteiger partial charge in [0.25, 0.3) is 5.91 Å². The molecule has 1 N–H and O–H groups in total. The Morgan fingerprint density at radius 1 is 0.921 bits per heavy atom. The topological polar surface area (TPSA) is 105 Å². The maximum Gasteiger partial charge on any atom is 0.343 e. The monoisotopic (exact) mass is 520 g/mol. The van der Waals surface area contributed by atoms with E-state index in [2.05, 4.69) is 24.4 Å². The van der Waals surface area contributed by atoms with Crippen LogP contribution in [0.1, 0.15) is 47.7 Å². The highest BCUT2D eigenvalue weighted by atomic mass is 16.5. The first-order valence-corrected chi connectivity index (χ1v) is 12.0. The molecule has 1 atom stereocenters. The summed E-state index contributed by atoms with van der Waals surface area (Å²) in [5, 5.41) is 3.95. The first-order valence-electron chi connectivity index (χ1n) is 12.0. The first kappa shape index (κ1) is 28.0. The first-order chi connectivity index (χ1) is 18.4. The molecule has 200 valence electrons. The van der Waals surface area contributed by atoms with Gasteiger partial charge in [0.1, 0.15) is 11.5 Å². The van der Waals surface area contributed by atoms with E-state index in [0.717, 1.165) is 6.42 Å². The molecule has 3 rings (SSSR count). The zero-order chi connectivity index (χ0) is 27.5. The third-order valence-corrected chi connectivity index (χ3v) is 5.80. The number of carbonyl (C=O) groups excluding carboxylic acids is 2. The molecule has 0 aliphatic rings. The van der Waals surface area contributed by atoms with Gasteiger partial charge in [0, 0.05) is 0 Å². The molecule has 0 fully saturated rings. The summed E-state index contributed by atoms with van der Waals surface area (Å²) in [6.45, 7) is 4.13. The fourth-order valence-electron chi connectivity index (χ4n) is 3.51. The average Bonchev–Trinajstić information content (AvgIpc) is 2.95. The molecule has 9 heteroatoms. The van der Waals surface area contributed by atoms with Gasteiger partial charge in [-0.3, -0.25) is 4.79 Å². The highest BCUT2D eigenvalue weighted by Gasteiger charge is 2.18. The van der Waals surface area contributed by atoms with E-state index < -0.39 is 11.9 Å². The van der Waals surface area contributed by atoms with E-state index >= 15 is 0 Å². The summed E-state index contributed by atoms with van der Waals surface area (Å²) in [6, 6.07) is 17.4. The van der Waals surface area contributed by atoms with E-state index in [1.54, 1.807) is 24.3 Å². The standard InChI is InChI=1S/C29H32N2O7/c1-6-19(2)21-10-12-23(13-11-21)37-18-27(32)31-30-17-20-8-7-9-24(14-20)38-29(33)22-15-25(34-3)28(36-5)26(16-22)35-4/h7-17,19H,6,18H2,1-5H3,(H,31,32)/b30-17-/t19-/m0/s1. The Morgan fingerprint density at radius 3 is 2.21 bits per heavy atom. The number of nitrogens with one attached hydrogen (secondary N) is 1. The van der Waals surface area contributed by atoms with Crippen LogP contribution in [0.4, 0.5) is 0 Å². The van der Waals surface area contributed by atoms with Crippen LogP contribution < -0.4 is 29.1 Å². The number of hydrogen-bond acceptors (Lipinski definition) is 8. The zero-order valence-electron chi connectivity index (χ0n) is 22.1. The summed E-state index contributed by atoms with van der Waals surface area (Å²) < 4.78 is 26.9. The predicted molar refractivity (Wildman–Crippen MR) is 144 cm³/mol. The van der Waals surface area contributed by atoms with Crippen LogP contribution in [0.2, 0.25) is 0 Å². The molecule has 38 heavy (non-hydrogen) atoms. The molecule has 0 aliphatic heterocycles. The molecule has 0 unspecified atom stereocenters. The summed E-state index contributed by atoms with van der Waals surface area (Å²) in [4.78, 5) is 24.8. The Kier molecular flexibility index (Phi) is 10.1. The minimum absolute atomic E-state index is 0.174. The molecule has 1 amide bonds. The highest BCUT2D eigenvalue weighted by Crippen LogP contribution is 2.38. The molecule has 0 spiro atoms. The van der Waals surface area contributed by atoms with Crippen molar-refractivity contribution in [2.45, 2.75) is 26.2 Å². The molecular weight excluding hydrogens is 488 g/mol. The summed E-state index contributed by atoms with van der Waals surface area (Å²) in [6.07, 6.45) is 2.49. The molecular formula is C29H32N2O7. The van der Waals surface area contributed by atoms with Crippen LogP contribution in [0, 0.1) is 0 Å². The van der Waals surface area contributed by atoms with Gasteiger partial charge >= 0.3 is 5.97 Å². The van der Waals surface area contributed by atoms with Gasteiger partial charge in [-0.15, -0.1) is 0 Å². The summed E-state index contributed by atoms with van der Waals surface area (Å²) in [7, 11) is 4.41. The van der Waals surface area contributed by atoms with Crippen molar-refractivity contribution in [2.75, 3.05) is 27.9 Å². The van der Waals surface area contributed by atoms with E-state index in [1.165, 1.54) is 45.2 Å². The lowest BCUT2D eigenvalue weighted by molar-refractivity contribution is -0.123. The number of carbonyl (C=O) groups is 2. The molecule has 0 saturated carbocycles. The summed E-state index contributed by atoms with van der Waals surface area (Å²) in [5.41, 5.74) is 4.48. The molecule has 0 radical (unpaired) electrons. The van der Waals surface area contributed by atoms with Gasteiger partial charge in [0.05, 0.1) is 33.1 Å². The summed E-state index contributed by atoms with van der Waals surface area (Å²) in [5.74, 6) is 1.40. The van der Waals surface area contributed by atoms with Crippen molar-refractivity contribution in [2.24, 2.45) is 5.10 Å². The van der Waals surface area contributed by atoms with Crippen molar-refractivity contribution in [3.63, 3.8) is 0 Å². The van der Waals surface area contributed by atoms with Crippen LogP contribution in [0.25, 0.3) is 0 Å². The predicted octanol–water partition coefficient (Wildman–Crippen LogP) is 4.97. The Balaban J connectivity index is 1.56. The molecule has 0 saturated heterocycles. The van der Waals surface area contributed by atoms with Gasteiger partial charge in [-0.25, -0.2) is 10.2 Å². The number of methoxy groups -OCH3 is 3. The Labute approximate surface area is 222 Å². The molecule has 0 aliphatic carbocycles. The quantitative estimate of drug-likeness (QED) is 0.156. The van der Waals surface area contributed by atoms with Crippen molar-refractivity contribution in [1.82, 2.24) is 5.43 Å². The van der Waals surface area contributed by atoms with E-state index in [4.69, 9.17) is 23.7 Å². The minimum atomic E-state index is -0.610. The number of hydrogen-bond donors (Lipinski definition) is 1. The van der Waals surface area contributed by atoms with Gasteiger partial charge in [-0.05, 0) is 59.9 Å². The third-order valence-electron chi connectivity index (χ3n) is 5.80. The number of benzene rings is 3. The van der Waals surface area contributed by atoms with Crippen LogP contribution in [0.3, 0.4) is 0 Å². The molecule has 3 aromatic carbocycles. The van der Waals surface area contributed by atoms with Gasteiger partial charge in [0.15, 0.2) is 18.1 Å². The summed E-state index contributed by atoms with van der Waals surface area (Å²) >= 11 is 0.